The first kappa shape index (κ1) is 24.9. The average molecular weight is 472 g/mol. The van der Waals surface area contributed by atoms with Crippen molar-refractivity contribution < 1.29 is 9.63 Å². The Morgan fingerprint density at radius 3 is 2.44 bits per heavy atom. The van der Waals surface area contributed by atoms with Crippen LogP contribution in [0.3, 0.4) is 0 Å². The molecule has 0 unspecified atom stereocenters. The van der Waals surface area contributed by atoms with Gasteiger partial charge in [-0.2, -0.15) is 5.06 Å². The number of amides is 1. The van der Waals surface area contributed by atoms with Gasteiger partial charge in [0.05, 0.1) is 6.61 Å². The van der Waals surface area contributed by atoms with Crippen molar-refractivity contribution in [1.29, 1.82) is 5.41 Å². The Balaban J connectivity index is 1.26. The van der Waals surface area contributed by atoms with E-state index in [0.717, 1.165) is 77.5 Å². The second-order valence-corrected chi connectivity index (χ2v) is 9.65. The summed E-state index contributed by atoms with van der Waals surface area (Å²) in [5, 5.41) is 16.8. The van der Waals surface area contributed by atoms with Crippen molar-refractivity contribution in [1.82, 2.24) is 20.3 Å². The van der Waals surface area contributed by atoms with E-state index in [-0.39, 0.29) is 17.7 Å². The molecule has 188 valence electrons. The molecule has 1 aromatic rings. The van der Waals surface area contributed by atoms with Crippen molar-refractivity contribution in [3.63, 3.8) is 0 Å². The Kier molecular flexibility index (Phi) is 9.12. The van der Waals surface area contributed by atoms with Crippen LogP contribution in [-0.2, 0) is 9.63 Å². The molecule has 0 radical (unpaired) electrons. The van der Waals surface area contributed by atoms with Gasteiger partial charge in [0.15, 0.2) is 0 Å². The second-order valence-electron chi connectivity index (χ2n) is 9.65. The minimum Gasteiger partial charge on any atom is -0.373 e. The number of anilines is 2. The third-order valence-corrected chi connectivity index (χ3v) is 7.21. The van der Waals surface area contributed by atoms with Crippen molar-refractivity contribution in [2.75, 3.05) is 69.7 Å². The highest BCUT2D eigenvalue weighted by Gasteiger charge is 2.25. The Hall–Kier alpha value is -2.23. The predicted molar refractivity (Wildman–Crippen MR) is 136 cm³/mol. The first-order valence-electron chi connectivity index (χ1n) is 13.1. The Labute approximate surface area is 203 Å². The Bertz CT molecular complexity index is 811. The average Bonchev–Trinajstić information content (AvgIpc) is 3.18. The minimum absolute atomic E-state index is 0.0241. The summed E-state index contributed by atoms with van der Waals surface area (Å²) in [5.41, 5.74) is 0.529. The number of likely N-dealkylation sites (tertiary alicyclic amines) is 1. The first-order valence-corrected chi connectivity index (χ1v) is 13.1. The summed E-state index contributed by atoms with van der Waals surface area (Å²) in [6.07, 6.45) is 9.09. The summed E-state index contributed by atoms with van der Waals surface area (Å²) in [5.74, 6) is 1.20. The first-order chi connectivity index (χ1) is 16.6. The quantitative estimate of drug-likeness (QED) is 0.501. The van der Waals surface area contributed by atoms with E-state index >= 15 is 0 Å². The molecule has 0 aliphatic carbocycles. The molecule has 3 saturated heterocycles. The van der Waals surface area contributed by atoms with Gasteiger partial charge in [-0.05, 0) is 50.7 Å². The van der Waals surface area contributed by atoms with Crippen LogP contribution in [0.1, 0.15) is 56.9 Å². The van der Waals surface area contributed by atoms with Gasteiger partial charge in [0.1, 0.15) is 17.3 Å². The molecule has 1 aromatic heterocycles. The monoisotopic (exact) mass is 471 g/mol. The number of nitrogens with zero attached hydrogens (tertiary/aromatic N) is 4. The molecule has 4 heterocycles. The van der Waals surface area contributed by atoms with Crippen molar-refractivity contribution >= 4 is 23.3 Å². The molecule has 4 rings (SSSR count). The molecule has 3 N–H and O–H groups in total. The lowest BCUT2D eigenvalue weighted by molar-refractivity contribution is -0.182. The molecule has 0 atom stereocenters. The molecule has 3 aliphatic rings. The van der Waals surface area contributed by atoms with Crippen LogP contribution in [0.4, 0.5) is 11.6 Å². The van der Waals surface area contributed by atoms with E-state index in [1.807, 2.05) is 12.1 Å². The van der Waals surface area contributed by atoms with E-state index in [2.05, 4.69) is 25.5 Å². The van der Waals surface area contributed by atoms with E-state index in [0.29, 0.717) is 11.4 Å². The van der Waals surface area contributed by atoms with Crippen molar-refractivity contribution in [3.8, 4) is 0 Å². The molecule has 3 fully saturated rings. The lowest BCUT2D eigenvalue weighted by Crippen LogP contribution is -2.48. The normalized spacial score (nSPS) is 21.1. The van der Waals surface area contributed by atoms with Crippen LogP contribution in [0, 0.1) is 5.41 Å². The van der Waals surface area contributed by atoms with Crippen molar-refractivity contribution in [2.45, 2.75) is 57.4 Å². The largest absolute Gasteiger partial charge is 0.373 e. The number of aromatic nitrogens is 1. The van der Waals surface area contributed by atoms with Gasteiger partial charge in [0, 0.05) is 64.5 Å². The number of nitrogens with one attached hydrogen (secondary N) is 3. The van der Waals surface area contributed by atoms with Gasteiger partial charge in [0.2, 0.25) is 0 Å². The number of hydroxylamine groups is 2. The SMILES string of the molecule is CNc1nc(N2CCCCCC2)ccc1C(=N)C(=O)NC1CCN(CCN2CCCCO2)CC1. The number of piperidine rings is 1. The van der Waals surface area contributed by atoms with E-state index in [4.69, 9.17) is 15.2 Å². The van der Waals surface area contributed by atoms with Crippen LogP contribution < -0.4 is 15.5 Å². The molecule has 9 nitrogen and oxygen atoms in total. The third-order valence-electron chi connectivity index (χ3n) is 7.21. The number of rotatable bonds is 8. The molecule has 34 heavy (non-hydrogen) atoms. The lowest BCUT2D eigenvalue weighted by Gasteiger charge is -2.34. The molecular weight excluding hydrogens is 430 g/mol. The predicted octanol–water partition coefficient (Wildman–Crippen LogP) is 2.48. The molecule has 0 bridgehead atoms. The van der Waals surface area contributed by atoms with E-state index in [1.165, 1.54) is 32.1 Å². The fraction of sp³-hybridized carbons (Fsp3) is 0.720. The second kappa shape index (κ2) is 12.5. The van der Waals surface area contributed by atoms with Crippen LogP contribution in [0.25, 0.3) is 0 Å². The van der Waals surface area contributed by atoms with Crippen LogP contribution in [0.2, 0.25) is 0 Å². The summed E-state index contributed by atoms with van der Waals surface area (Å²) in [6.45, 7) is 7.74. The molecule has 0 spiro atoms. The summed E-state index contributed by atoms with van der Waals surface area (Å²) in [6, 6.07) is 3.93. The van der Waals surface area contributed by atoms with Gasteiger partial charge in [-0.3, -0.25) is 15.0 Å². The Morgan fingerprint density at radius 1 is 1.03 bits per heavy atom. The van der Waals surface area contributed by atoms with Crippen molar-refractivity contribution in [3.05, 3.63) is 17.7 Å². The maximum atomic E-state index is 12.9. The minimum atomic E-state index is -0.319. The zero-order valence-electron chi connectivity index (χ0n) is 20.7. The van der Waals surface area contributed by atoms with E-state index in [1.54, 1.807) is 7.05 Å². The molecule has 9 heteroatoms. The topological polar surface area (TPSA) is 96.8 Å². The number of pyridine rings is 1. The van der Waals surface area contributed by atoms with Crippen LogP contribution in [-0.4, -0.2) is 92.1 Å². The standard InChI is InChI=1S/C25H41N7O2/c1-27-24-21(8-9-22(29-24)31-12-4-2-3-5-13-31)23(26)25(33)28-20-10-15-30(16-11-20)17-18-32-14-6-7-19-34-32/h8-9,20,26H,2-7,10-19H2,1H3,(H,27,29)(H,28,33). The summed E-state index contributed by atoms with van der Waals surface area (Å²) in [4.78, 5) is 28.1. The maximum Gasteiger partial charge on any atom is 0.270 e. The number of hydrogen-bond acceptors (Lipinski definition) is 8. The maximum absolute atomic E-state index is 12.9. The van der Waals surface area contributed by atoms with Crippen LogP contribution in [0.5, 0.6) is 0 Å². The molecular formula is C25H41N7O2. The van der Waals surface area contributed by atoms with Gasteiger partial charge in [0.25, 0.3) is 5.91 Å². The van der Waals surface area contributed by atoms with Gasteiger partial charge in [-0.25, -0.2) is 4.98 Å². The van der Waals surface area contributed by atoms with Crippen LogP contribution >= 0.6 is 0 Å². The van der Waals surface area contributed by atoms with Crippen molar-refractivity contribution in [2.24, 2.45) is 0 Å². The molecule has 1 amide bonds. The number of carbonyl (C=O) groups is 1. The van der Waals surface area contributed by atoms with Gasteiger partial charge >= 0.3 is 0 Å². The third kappa shape index (κ3) is 6.67. The smallest absolute Gasteiger partial charge is 0.270 e. The Morgan fingerprint density at radius 2 is 1.76 bits per heavy atom. The van der Waals surface area contributed by atoms with E-state index < -0.39 is 0 Å². The van der Waals surface area contributed by atoms with Gasteiger partial charge in [-0.15, -0.1) is 0 Å². The lowest BCUT2D eigenvalue weighted by atomic mass is 10.0. The summed E-state index contributed by atoms with van der Waals surface area (Å²) in [7, 11) is 1.80. The highest BCUT2D eigenvalue weighted by molar-refractivity contribution is 6.45. The summed E-state index contributed by atoms with van der Waals surface area (Å²) >= 11 is 0. The fourth-order valence-corrected chi connectivity index (χ4v) is 5.08. The van der Waals surface area contributed by atoms with Gasteiger partial charge < -0.3 is 20.4 Å². The molecule has 0 aromatic carbocycles. The summed E-state index contributed by atoms with van der Waals surface area (Å²) < 4.78 is 0. The highest BCUT2D eigenvalue weighted by atomic mass is 16.7. The van der Waals surface area contributed by atoms with E-state index in [9.17, 15) is 4.79 Å². The molecule has 3 aliphatic heterocycles. The fourth-order valence-electron chi connectivity index (χ4n) is 5.08. The molecule has 0 saturated carbocycles. The highest BCUT2D eigenvalue weighted by Crippen LogP contribution is 2.23. The zero-order valence-corrected chi connectivity index (χ0v) is 20.7. The number of carbonyl (C=O) groups excluding carboxylic acids is 1. The van der Waals surface area contributed by atoms with Gasteiger partial charge in [-0.1, -0.05) is 12.8 Å². The number of hydrogen-bond donors (Lipinski definition) is 3. The zero-order chi connectivity index (χ0) is 23.8. The van der Waals surface area contributed by atoms with Crippen LogP contribution in [0.15, 0.2) is 12.1 Å².